The molecule has 0 amide bonds. The van der Waals surface area contributed by atoms with E-state index in [9.17, 15) is 13.2 Å². The largest absolute Gasteiger partial charge is 0.497 e. The van der Waals surface area contributed by atoms with Crippen molar-refractivity contribution in [3.05, 3.63) is 23.8 Å². The number of ether oxygens (including phenoxy) is 1. The zero-order chi connectivity index (χ0) is 14.8. The maximum absolute atomic E-state index is 12.1. The predicted molar refractivity (Wildman–Crippen MR) is 73.3 cm³/mol. The molecule has 0 aliphatic carbocycles. The van der Waals surface area contributed by atoms with Crippen molar-refractivity contribution in [3.63, 3.8) is 0 Å². The monoisotopic (exact) mass is 300 g/mol. The summed E-state index contributed by atoms with van der Waals surface area (Å²) in [6.45, 7) is 0.905. The van der Waals surface area contributed by atoms with E-state index in [-0.39, 0.29) is 11.3 Å². The second kappa shape index (κ2) is 5.68. The molecule has 8 heteroatoms. The van der Waals surface area contributed by atoms with Crippen molar-refractivity contribution >= 4 is 21.9 Å². The van der Waals surface area contributed by atoms with E-state index in [4.69, 9.17) is 9.84 Å². The smallest absolute Gasteiger partial charge is 0.337 e. The lowest BCUT2D eigenvalue weighted by Crippen LogP contribution is -2.33. The first-order valence-corrected chi connectivity index (χ1v) is 7.57. The van der Waals surface area contributed by atoms with Crippen LogP contribution in [0.15, 0.2) is 18.2 Å². The van der Waals surface area contributed by atoms with Crippen LogP contribution in [0.2, 0.25) is 0 Å². The number of anilines is 1. The highest BCUT2D eigenvalue weighted by Gasteiger charge is 2.26. The van der Waals surface area contributed by atoms with E-state index in [1.165, 1.54) is 29.6 Å². The van der Waals surface area contributed by atoms with Crippen molar-refractivity contribution in [3.8, 4) is 5.75 Å². The van der Waals surface area contributed by atoms with E-state index in [2.05, 4.69) is 4.72 Å². The number of nitrogens with one attached hydrogen (secondary N) is 1. The molecule has 0 bridgehead atoms. The zero-order valence-electron chi connectivity index (χ0n) is 11.0. The van der Waals surface area contributed by atoms with Crippen LogP contribution >= 0.6 is 0 Å². The minimum absolute atomic E-state index is 0.0326. The first kappa shape index (κ1) is 14.6. The molecule has 0 aromatic heterocycles. The molecule has 2 N–H and O–H groups in total. The number of aromatic carboxylic acids is 1. The lowest BCUT2D eigenvalue weighted by Gasteiger charge is -2.18. The van der Waals surface area contributed by atoms with Crippen molar-refractivity contribution in [2.75, 3.05) is 24.9 Å². The summed E-state index contributed by atoms with van der Waals surface area (Å²) in [4.78, 5) is 11.2. The lowest BCUT2D eigenvalue weighted by atomic mass is 10.2. The second-order valence-corrected chi connectivity index (χ2v) is 6.10. The minimum Gasteiger partial charge on any atom is -0.497 e. The average Bonchev–Trinajstić information content (AvgIpc) is 2.93. The van der Waals surface area contributed by atoms with E-state index >= 15 is 0 Å². The van der Waals surface area contributed by atoms with Crippen LogP contribution < -0.4 is 9.46 Å². The molecular formula is C12H16N2O5S. The second-order valence-electron chi connectivity index (χ2n) is 4.43. The number of carbonyl (C=O) groups is 1. The fraction of sp³-hybridized carbons (Fsp3) is 0.417. The first-order valence-electron chi connectivity index (χ1n) is 6.13. The fourth-order valence-corrected chi connectivity index (χ4v) is 3.37. The molecule has 1 aliphatic rings. The SMILES string of the molecule is COc1ccc(NS(=O)(=O)N2CCCC2)c(C(=O)O)c1. The zero-order valence-corrected chi connectivity index (χ0v) is 11.8. The number of carboxylic acids is 1. The van der Waals surface area contributed by atoms with E-state index in [1.54, 1.807) is 0 Å². The number of benzene rings is 1. The van der Waals surface area contributed by atoms with Crippen LogP contribution in [0, 0.1) is 0 Å². The molecule has 20 heavy (non-hydrogen) atoms. The highest BCUT2D eigenvalue weighted by molar-refractivity contribution is 7.90. The molecule has 1 aromatic carbocycles. The highest BCUT2D eigenvalue weighted by atomic mass is 32.2. The molecule has 1 aromatic rings. The summed E-state index contributed by atoms with van der Waals surface area (Å²) in [6.07, 6.45) is 1.63. The van der Waals surface area contributed by atoms with Gasteiger partial charge in [0.1, 0.15) is 5.75 Å². The van der Waals surface area contributed by atoms with Crippen LogP contribution in [0.5, 0.6) is 5.75 Å². The lowest BCUT2D eigenvalue weighted by molar-refractivity contribution is 0.0697. The molecule has 1 fully saturated rings. The van der Waals surface area contributed by atoms with Crippen molar-refractivity contribution in [1.29, 1.82) is 0 Å². The predicted octanol–water partition coefficient (Wildman–Crippen LogP) is 1.15. The maximum atomic E-state index is 12.1. The Hall–Kier alpha value is -1.80. The Bertz CT molecular complexity index is 608. The summed E-state index contributed by atoms with van der Waals surface area (Å²) in [5, 5.41) is 9.14. The molecule has 110 valence electrons. The number of hydrogen-bond acceptors (Lipinski definition) is 4. The molecule has 0 unspecified atom stereocenters. The Morgan fingerprint density at radius 2 is 2.00 bits per heavy atom. The highest BCUT2D eigenvalue weighted by Crippen LogP contribution is 2.24. The van der Waals surface area contributed by atoms with E-state index in [1.807, 2.05) is 0 Å². The minimum atomic E-state index is -3.71. The summed E-state index contributed by atoms with van der Waals surface area (Å²) < 4.78 is 32.8. The van der Waals surface area contributed by atoms with Gasteiger partial charge in [-0.2, -0.15) is 12.7 Å². The number of hydrogen-bond donors (Lipinski definition) is 2. The van der Waals surface area contributed by atoms with Crippen LogP contribution in [0.3, 0.4) is 0 Å². The van der Waals surface area contributed by atoms with Crippen molar-refractivity contribution in [2.45, 2.75) is 12.8 Å². The summed E-state index contributed by atoms with van der Waals surface area (Å²) in [5.74, 6) is -0.866. The summed E-state index contributed by atoms with van der Waals surface area (Å²) >= 11 is 0. The third-order valence-electron chi connectivity index (χ3n) is 3.10. The standard InChI is InChI=1S/C12H16N2O5S/c1-19-9-4-5-11(10(8-9)12(15)16)13-20(17,18)14-6-2-3-7-14/h4-5,8,13H,2-3,6-7H2,1H3,(H,15,16). The van der Waals surface area contributed by atoms with Gasteiger partial charge in [-0.05, 0) is 31.0 Å². The van der Waals surface area contributed by atoms with Gasteiger partial charge in [0.25, 0.3) is 0 Å². The summed E-state index contributed by atoms with van der Waals surface area (Å²) in [7, 11) is -2.30. The molecule has 0 atom stereocenters. The fourth-order valence-electron chi connectivity index (χ4n) is 2.05. The van der Waals surface area contributed by atoms with Gasteiger partial charge in [-0.3, -0.25) is 4.72 Å². The van der Waals surface area contributed by atoms with Gasteiger partial charge in [-0.1, -0.05) is 0 Å². The molecular weight excluding hydrogens is 284 g/mol. The number of carboxylic acid groups (broad SMARTS) is 1. The third-order valence-corrected chi connectivity index (χ3v) is 4.62. The molecule has 7 nitrogen and oxygen atoms in total. The number of methoxy groups -OCH3 is 1. The third kappa shape index (κ3) is 3.02. The van der Waals surface area contributed by atoms with Crippen molar-refractivity contribution in [1.82, 2.24) is 4.31 Å². The Labute approximate surface area is 117 Å². The van der Waals surface area contributed by atoms with Crippen LogP contribution in [0.4, 0.5) is 5.69 Å². The first-order chi connectivity index (χ1) is 9.44. The molecule has 1 saturated heterocycles. The van der Waals surface area contributed by atoms with Gasteiger partial charge in [0.15, 0.2) is 0 Å². The van der Waals surface area contributed by atoms with Crippen molar-refractivity contribution < 1.29 is 23.1 Å². The normalized spacial score (nSPS) is 16.1. The summed E-state index contributed by atoms with van der Waals surface area (Å²) in [5.41, 5.74) is -0.114. The van der Waals surface area contributed by atoms with Crippen LogP contribution in [0.1, 0.15) is 23.2 Å². The molecule has 0 saturated carbocycles. The molecule has 0 radical (unpaired) electrons. The van der Waals surface area contributed by atoms with Gasteiger partial charge >= 0.3 is 16.2 Å². The van der Waals surface area contributed by atoms with Gasteiger partial charge < -0.3 is 9.84 Å². The quantitative estimate of drug-likeness (QED) is 0.850. The van der Waals surface area contributed by atoms with Gasteiger partial charge in [0.05, 0.1) is 18.4 Å². The Morgan fingerprint density at radius 1 is 1.35 bits per heavy atom. The molecule has 1 heterocycles. The van der Waals surface area contributed by atoms with Gasteiger partial charge in [0.2, 0.25) is 0 Å². The van der Waals surface area contributed by atoms with E-state index in [0.29, 0.717) is 18.8 Å². The van der Waals surface area contributed by atoms with Gasteiger partial charge in [-0.25, -0.2) is 4.79 Å². The number of rotatable bonds is 5. The molecule has 0 spiro atoms. The number of nitrogens with zero attached hydrogens (tertiary/aromatic N) is 1. The van der Waals surface area contributed by atoms with E-state index in [0.717, 1.165) is 12.8 Å². The Balaban J connectivity index is 2.30. The van der Waals surface area contributed by atoms with Crippen LogP contribution in [-0.2, 0) is 10.2 Å². The summed E-state index contributed by atoms with van der Waals surface area (Å²) in [6, 6.07) is 4.17. The van der Waals surface area contributed by atoms with Gasteiger partial charge in [-0.15, -0.1) is 0 Å². The van der Waals surface area contributed by atoms with E-state index < -0.39 is 16.2 Å². The maximum Gasteiger partial charge on any atom is 0.337 e. The van der Waals surface area contributed by atoms with Gasteiger partial charge in [0, 0.05) is 13.1 Å². The van der Waals surface area contributed by atoms with Crippen molar-refractivity contribution in [2.24, 2.45) is 0 Å². The Morgan fingerprint density at radius 3 is 2.55 bits per heavy atom. The Kier molecular flexibility index (Phi) is 4.15. The van der Waals surface area contributed by atoms with Crippen LogP contribution in [-0.4, -0.2) is 44.0 Å². The van der Waals surface area contributed by atoms with Crippen LogP contribution in [0.25, 0.3) is 0 Å². The molecule has 2 rings (SSSR count). The average molecular weight is 300 g/mol. The topological polar surface area (TPSA) is 95.9 Å². The molecule has 1 aliphatic heterocycles.